The summed E-state index contributed by atoms with van der Waals surface area (Å²) in [5, 5.41) is 10.2. The fraction of sp³-hybridized carbons (Fsp3) is 0.105. The second kappa shape index (κ2) is 6.12. The average molecular weight is 315 g/mol. The third kappa shape index (κ3) is 2.84. The summed E-state index contributed by atoms with van der Waals surface area (Å²) in [6.45, 7) is 2.11. The average Bonchev–Trinajstić information content (AvgIpc) is 3.17. The van der Waals surface area contributed by atoms with Gasteiger partial charge in [0.25, 0.3) is 0 Å². The monoisotopic (exact) mass is 315 g/mol. The first kappa shape index (κ1) is 14.4. The molecule has 2 aromatic carbocycles. The van der Waals surface area contributed by atoms with Crippen molar-refractivity contribution in [1.29, 1.82) is 0 Å². The summed E-state index contributed by atoms with van der Waals surface area (Å²) >= 11 is 0. The number of fused-ring (bicyclic) bond motifs is 1. The van der Waals surface area contributed by atoms with Gasteiger partial charge in [0.1, 0.15) is 5.82 Å². The lowest BCUT2D eigenvalue weighted by molar-refractivity contribution is 0.874. The SMILES string of the molecule is CC(Nc1cnc2cc(-c3cn[nH]c3)ccc2n1)c1ccccc1. The molecule has 5 nitrogen and oxygen atoms in total. The van der Waals surface area contributed by atoms with E-state index in [9.17, 15) is 0 Å². The highest BCUT2D eigenvalue weighted by molar-refractivity contribution is 5.81. The van der Waals surface area contributed by atoms with E-state index < -0.39 is 0 Å². The molecule has 4 aromatic rings. The Labute approximate surface area is 139 Å². The van der Waals surface area contributed by atoms with Crippen molar-refractivity contribution in [2.45, 2.75) is 13.0 Å². The van der Waals surface area contributed by atoms with Gasteiger partial charge in [0.15, 0.2) is 0 Å². The zero-order valence-electron chi connectivity index (χ0n) is 13.3. The lowest BCUT2D eigenvalue weighted by Gasteiger charge is -2.15. The Hall–Kier alpha value is -3.21. The van der Waals surface area contributed by atoms with Gasteiger partial charge in [-0.2, -0.15) is 5.10 Å². The highest BCUT2D eigenvalue weighted by Gasteiger charge is 2.08. The molecule has 0 aliphatic heterocycles. The number of aromatic nitrogens is 4. The molecule has 0 bridgehead atoms. The van der Waals surface area contributed by atoms with E-state index in [2.05, 4.69) is 44.5 Å². The normalized spacial score (nSPS) is 12.2. The van der Waals surface area contributed by atoms with Gasteiger partial charge >= 0.3 is 0 Å². The maximum atomic E-state index is 4.67. The van der Waals surface area contributed by atoms with Crippen LogP contribution in [0, 0.1) is 0 Å². The van der Waals surface area contributed by atoms with Gasteiger partial charge in [-0.15, -0.1) is 0 Å². The van der Waals surface area contributed by atoms with E-state index in [0.29, 0.717) is 0 Å². The predicted molar refractivity (Wildman–Crippen MR) is 95.6 cm³/mol. The van der Waals surface area contributed by atoms with Crippen LogP contribution in [0.4, 0.5) is 5.82 Å². The minimum Gasteiger partial charge on any atom is -0.362 e. The Balaban J connectivity index is 1.61. The quantitative estimate of drug-likeness (QED) is 0.592. The Morgan fingerprint density at radius 3 is 2.62 bits per heavy atom. The number of aromatic amines is 1. The largest absolute Gasteiger partial charge is 0.362 e. The highest BCUT2D eigenvalue weighted by atomic mass is 15.1. The van der Waals surface area contributed by atoms with Crippen LogP contribution in [0.5, 0.6) is 0 Å². The Morgan fingerprint density at radius 1 is 0.958 bits per heavy atom. The minimum absolute atomic E-state index is 0.170. The number of benzene rings is 2. The molecule has 2 N–H and O–H groups in total. The van der Waals surface area contributed by atoms with Crippen molar-refractivity contribution in [3.63, 3.8) is 0 Å². The number of H-pyrrole nitrogens is 1. The molecule has 0 aliphatic carbocycles. The molecule has 2 aromatic heterocycles. The van der Waals surface area contributed by atoms with Gasteiger partial charge in [0.05, 0.1) is 23.4 Å². The smallest absolute Gasteiger partial charge is 0.145 e. The van der Waals surface area contributed by atoms with E-state index in [-0.39, 0.29) is 6.04 Å². The topological polar surface area (TPSA) is 66.5 Å². The molecule has 1 atom stereocenters. The first-order chi connectivity index (χ1) is 11.8. The van der Waals surface area contributed by atoms with Crippen LogP contribution in [0.3, 0.4) is 0 Å². The Bertz CT molecular complexity index is 948. The summed E-state index contributed by atoms with van der Waals surface area (Å²) < 4.78 is 0. The van der Waals surface area contributed by atoms with Gasteiger partial charge in [0, 0.05) is 17.8 Å². The molecule has 0 saturated heterocycles. The van der Waals surface area contributed by atoms with Crippen LogP contribution in [-0.2, 0) is 0 Å². The minimum atomic E-state index is 0.170. The summed E-state index contributed by atoms with van der Waals surface area (Å²) in [4.78, 5) is 9.21. The zero-order valence-corrected chi connectivity index (χ0v) is 13.3. The third-order valence-corrected chi connectivity index (χ3v) is 4.04. The van der Waals surface area contributed by atoms with Gasteiger partial charge in [-0.25, -0.2) is 4.98 Å². The number of rotatable bonds is 4. The van der Waals surface area contributed by atoms with Crippen LogP contribution in [0.1, 0.15) is 18.5 Å². The molecule has 0 aliphatic rings. The summed E-state index contributed by atoms with van der Waals surface area (Å²) in [5.74, 6) is 0.773. The van der Waals surface area contributed by atoms with Crippen molar-refractivity contribution in [1.82, 2.24) is 20.2 Å². The van der Waals surface area contributed by atoms with Gasteiger partial charge in [0.2, 0.25) is 0 Å². The molecule has 0 radical (unpaired) electrons. The van der Waals surface area contributed by atoms with Gasteiger partial charge in [-0.3, -0.25) is 10.1 Å². The van der Waals surface area contributed by atoms with E-state index in [1.807, 2.05) is 42.6 Å². The molecule has 2 heterocycles. The van der Waals surface area contributed by atoms with Gasteiger partial charge < -0.3 is 5.32 Å². The molecule has 0 saturated carbocycles. The molecule has 118 valence electrons. The van der Waals surface area contributed by atoms with Crippen LogP contribution in [0.2, 0.25) is 0 Å². The first-order valence-electron chi connectivity index (χ1n) is 7.87. The number of hydrogen-bond acceptors (Lipinski definition) is 4. The molecule has 4 rings (SSSR count). The highest BCUT2D eigenvalue weighted by Crippen LogP contribution is 2.23. The fourth-order valence-corrected chi connectivity index (χ4v) is 2.72. The lowest BCUT2D eigenvalue weighted by Crippen LogP contribution is -2.08. The van der Waals surface area contributed by atoms with E-state index in [0.717, 1.165) is 28.0 Å². The number of anilines is 1. The fourth-order valence-electron chi connectivity index (χ4n) is 2.72. The predicted octanol–water partition coefficient (Wildman–Crippen LogP) is 4.19. The molecule has 0 spiro atoms. The van der Waals surface area contributed by atoms with Crippen molar-refractivity contribution < 1.29 is 0 Å². The van der Waals surface area contributed by atoms with Crippen molar-refractivity contribution in [2.24, 2.45) is 0 Å². The van der Waals surface area contributed by atoms with Crippen LogP contribution < -0.4 is 5.32 Å². The van der Waals surface area contributed by atoms with Crippen molar-refractivity contribution in [3.05, 3.63) is 72.7 Å². The second-order valence-corrected chi connectivity index (χ2v) is 5.72. The van der Waals surface area contributed by atoms with Crippen LogP contribution >= 0.6 is 0 Å². The standard InChI is InChI=1S/C19H17N5/c1-13(14-5-3-2-4-6-14)23-19-12-20-18-9-15(7-8-17(18)24-19)16-10-21-22-11-16/h2-13H,1H3,(H,21,22)(H,23,24). The van der Waals surface area contributed by atoms with Crippen molar-refractivity contribution >= 4 is 16.9 Å². The maximum absolute atomic E-state index is 4.67. The number of nitrogens with zero attached hydrogens (tertiary/aromatic N) is 3. The van der Waals surface area contributed by atoms with Crippen LogP contribution in [0.15, 0.2) is 67.1 Å². The van der Waals surface area contributed by atoms with E-state index >= 15 is 0 Å². The van der Waals surface area contributed by atoms with E-state index in [4.69, 9.17) is 0 Å². The van der Waals surface area contributed by atoms with Crippen molar-refractivity contribution in [3.8, 4) is 11.1 Å². The zero-order chi connectivity index (χ0) is 16.4. The summed E-state index contributed by atoms with van der Waals surface area (Å²) in [7, 11) is 0. The van der Waals surface area contributed by atoms with E-state index in [1.165, 1.54) is 5.56 Å². The van der Waals surface area contributed by atoms with Crippen molar-refractivity contribution in [2.75, 3.05) is 5.32 Å². The van der Waals surface area contributed by atoms with Crippen LogP contribution in [0.25, 0.3) is 22.2 Å². The molecule has 5 heteroatoms. The van der Waals surface area contributed by atoms with Gasteiger partial charge in [-0.05, 0) is 30.2 Å². The summed E-state index contributed by atoms with van der Waals surface area (Å²) in [6.07, 6.45) is 5.44. The third-order valence-electron chi connectivity index (χ3n) is 4.04. The molecule has 0 fully saturated rings. The molecule has 1 unspecified atom stereocenters. The summed E-state index contributed by atoms with van der Waals surface area (Å²) in [6, 6.07) is 16.5. The Morgan fingerprint density at radius 2 is 1.83 bits per heavy atom. The van der Waals surface area contributed by atoms with Crippen LogP contribution in [-0.4, -0.2) is 20.2 Å². The maximum Gasteiger partial charge on any atom is 0.145 e. The molecule has 24 heavy (non-hydrogen) atoms. The van der Waals surface area contributed by atoms with Gasteiger partial charge in [-0.1, -0.05) is 36.4 Å². The molecular weight excluding hydrogens is 298 g/mol. The second-order valence-electron chi connectivity index (χ2n) is 5.72. The number of hydrogen-bond donors (Lipinski definition) is 2. The van der Waals surface area contributed by atoms with E-state index in [1.54, 1.807) is 12.4 Å². The number of nitrogens with one attached hydrogen (secondary N) is 2. The lowest BCUT2D eigenvalue weighted by atomic mass is 10.1. The first-order valence-corrected chi connectivity index (χ1v) is 7.87. The summed E-state index contributed by atoms with van der Waals surface area (Å²) in [5.41, 5.74) is 5.07. The Kier molecular flexibility index (Phi) is 3.67. The molecular formula is C19H17N5. The molecule has 0 amide bonds.